The van der Waals surface area contributed by atoms with Crippen LogP contribution in [0.2, 0.25) is 0 Å². The number of methoxy groups -OCH3 is 1. The van der Waals surface area contributed by atoms with Crippen LogP contribution in [0.4, 0.5) is 0 Å². The number of likely N-dealkylation sites (N-methyl/N-ethyl adjacent to an activating group) is 1. The zero-order valence-electron chi connectivity index (χ0n) is 16.3. The minimum absolute atomic E-state index is 0.0421. The molecule has 2 aliphatic heterocycles. The van der Waals surface area contributed by atoms with Gasteiger partial charge in [0.2, 0.25) is 12.5 Å². The van der Waals surface area contributed by atoms with Crippen LogP contribution in [0.15, 0.2) is 30.3 Å². The molecule has 2 aliphatic rings. The summed E-state index contributed by atoms with van der Waals surface area (Å²) in [5, 5.41) is 9.39. The Morgan fingerprint density at radius 3 is 2.82 bits per heavy atom. The zero-order chi connectivity index (χ0) is 19.7. The third kappa shape index (κ3) is 3.52. The highest BCUT2D eigenvalue weighted by atomic mass is 16.7. The molecule has 6 nitrogen and oxygen atoms in total. The van der Waals surface area contributed by atoms with Crippen molar-refractivity contribution >= 4 is 5.78 Å². The number of quaternary nitrogens is 1. The Morgan fingerprint density at radius 2 is 2.07 bits per heavy atom. The van der Waals surface area contributed by atoms with Gasteiger partial charge in [-0.2, -0.15) is 0 Å². The summed E-state index contributed by atoms with van der Waals surface area (Å²) in [7, 11) is 3.77. The van der Waals surface area contributed by atoms with E-state index in [1.54, 1.807) is 19.2 Å². The maximum absolute atomic E-state index is 12.8. The van der Waals surface area contributed by atoms with E-state index in [2.05, 4.69) is 7.05 Å². The van der Waals surface area contributed by atoms with Crippen LogP contribution in [-0.4, -0.2) is 38.4 Å². The van der Waals surface area contributed by atoms with Crippen molar-refractivity contribution in [3.05, 3.63) is 47.0 Å². The summed E-state index contributed by atoms with van der Waals surface area (Å²) in [4.78, 5) is 14.1. The molecular formula is C22H26NO5+. The molecule has 2 heterocycles. The number of ether oxygens (including phenoxy) is 3. The number of Topliss-reactive ketones (excluding diaryl/α,β-unsaturated/α-hetero) is 1. The van der Waals surface area contributed by atoms with E-state index in [-0.39, 0.29) is 24.4 Å². The number of carbonyl (C=O) groups excluding carboxylic acids is 1. The molecule has 2 atom stereocenters. The molecule has 0 saturated heterocycles. The molecule has 0 amide bonds. The standard InChI is InChI=1S/C22H25NO5/c1-23-10-9-15-11-19-21(28-13-27-19)22(26-2)20(15)18(23)12-17(25)8-5-14-3-6-16(24)7-4-14/h3-4,6-7,11,18,24H,5,8-10,12-13H2,1-2H3/p+1/t18-/m0/s1. The number of hydrogen-bond acceptors (Lipinski definition) is 5. The second kappa shape index (κ2) is 7.72. The number of aromatic hydroxyl groups is 1. The van der Waals surface area contributed by atoms with Crippen LogP contribution in [-0.2, 0) is 17.6 Å². The number of benzene rings is 2. The summed E-state index contributed by atoms with van der Waals surface area (Å²) in [6, 6.07) is 9.12. The predicted molar refractivity (Wildman–Crippen MR) is 103 cm³/mol. The van der Waals surface area contributed by atoms with Crippen molar-refractivity contribution in [1.29, 1.82) is 0 Å². The number of hydrogen-bond donors (Lipinski definition) is 2. The van der Waals surface area contributed by atoms with Gasteiger partial charge in [0.25, 0.3) is 0 Å². The minimum Gasteiger partial charge on any atom is -0.508 e. The molecule has 0 aliphatic carbocycles. The minimum atomic E-state index is 0.0421. The third-order valence-electron chi connectivity index (χ3n) is 5.74. The van der Waals surface area contributed by atoms with Crippen LogP contribution >= 0.6 is 0 Å². The molecule has 148 valence electrons. The van der Waals surface area contributed by atoms with Gasteiger partial charge in [0.15, 0.2) is 11.5 Å². The molecule has 0 aromatic heterocycles. The van der Waals surface area contributed by atoms with Crippen molar-refractivity contribution in [2.45, 2.75) is 31.7 Å². The number of carbonyl (C=O) groups is 1. The molecule has 0 spiro atoms. The lowest BCUT2D eigenvalue weighted by molar-refractivity contribution is -0.914. The highest BCUT2D eigenvalue weighted by Crippen LogP contribution is 2.47. The van der Waals surface area contributed by atoms with E-state index >= 15 is 0 Å². The van der Waals surface area contributed by atoms with Crippen molar-refractivity contribution < 1.29 is 29.0 Å². The molecule has 4 rings (SSSR count). The number of ketones is 1. The summed E-state index contributed by atoms with van der Waals surface area (Å²) in [6.45, 7) is 1.17. The average molecular weight is 384 g/mol. The summed E-state index contributed by atoms with van der Waals surface area (Å²) in [5.41, 5.74) is 3.31. The molecule has 1 unspecified atom stereocenters. The topological polar surface area (TPSA) is 69.4 Å². The molecule has 0 fully saturated rings. The Morgan fingerprint density at radius 1 is 1.29 bits per heavy atom. The largest absolute Gasteiger partial charge is 0.508 e. The SMILES string of the molecule is COc1c2c(cc3c1[C@H](CC(=O)CCc1ccc(O)cc1)[NH+](C)CC3)OCO2. The Kier molecular flexibility index (Phi) is 5.13. The molecular weight excluding hydrogens is 358 g/mol. The number of nitrogens with one attached hydrogen (secondary N) is 1. The molecule has 0 saturated carbocycles. The van der Waals surface area contributed by atoms with Crippen molar-refractivity contribution in [2.24, 2.45) is 0 Å². The molecule has 2 aromatic rings. The lowest BCUT2D eigenvalue weighted by Crippen LogP contribution is -3.10. The number of phenols is 1. The average Bonchev–Trinajstić information content (AvgIpc) is 3.16. The van der Waals surface area contributed by atoms with Crippen molar-refractivity contribution in [3.63, 3.8) is 0 Å². The van der Waals surface area contributed by atoms with Gasteiger partial charge in [0, 0.05) is 12.8 Å². The van der Waals surface area contributed by atoms with Gasteiger partial charge in [-0.3, -0.25) is 4.79 Å². The van der Waals surface area contributed by atoms with E-state index in [4.69, 9.17) is 14.2 Å². The highest BCUT2D eigenvalue weighted by Gasteiger charge is 2.37. The summed E-state index contributed by atoms with van der Waals surface area (Å²) >= 11 is 0. The quantitative estimate of drug-likeness (QED) is 0.795. The first-order chi connectivity index (χ1) is 13.6. The fourth-order valence-corrected chi connectivity index (χ4v) is 4.17. The summed E-state index contributed by atoms with van der Waals surface area (Å²) < 4.78 is 16.9. The van der Waals surface area contributed by atoms with Gasteiger partial charge in [0.05, 0.1) is 32.7 Å². The molecule has 28 heavy (non-hydrogen) atoms. The van der Waals surface area contributed by atoms with E-state index < -0.39 is 0 Å². The predicted octanol–water partition coefficient (Wildman–Crippen LogP) is 1.83. The van der Waals surface area contributed by atoms with Gasteiger partial charge in [-0.25, -0.2) is 0 Å². The zero-order valence-corrected chi connectivity index (χ0v) is 16.3. The lowest BCUT2D eigenvalue weighted by Gasteiger charge is -2.32. The Balaban J connectivity index is 1.53. The van der Waals surface area contributed by atoms with Crippen LogP contribution in [0.3, 0.4) is 0 Å². The third-order valence-corrected chi connectivity index (χ3v) is 5.74. The molecule has 6 heteroatoms. The fourth-order valence-electron chi connectivity index (χ4n) is 4.17. The summed E-state index contributed by atoms with van der Waals surface area (Å²) in [5.74, 6) is 2.56. The van der Waals surface area contributed by atoms with Crippen molar-refractivity contribution in [1.82, 2.24) is 0 Å². The van der Waals surface area contributed by atoms with E-state index in [1.165, 1.54) is 10.5 Å². The molecule has 0 radical (unpaired) electrons. The van der Waals surface area contributed by atoms with Gasteiger partial charge in [-0.15, -0.1) is 0 Å². The highest BCUT2D eigenvalue weighted by molar-refractivity contribution is 5.79. The van der Waals surface area contributed by atoms with Gasteiger partial charge in [-0.1, -0.05) is 12.1 Å². The molecule has 0 bridgehead atoms. The van der Waals surface area contributed by atoms with Crippen molar-refractivity contribution in [3.8, 4) is 23.0 Å². The Labute approximate surface area is 164 Å². The second-order valence-electron chi connectivity index (χ2n) is 7.52. The first-order valence-electron chi connectivity index (χ1n) is 9.68. The normalized spacial score (nSPS) is 19.9. The maximum atomic E-state index is 12.8. The van der Waals surface area contributed by atoms with E-state index in [9.17, 15) is 9.90 Å². The molecule has 2 aromatic carbocycles. The fraction of sp³-hybridized carbons (Fsp3) is 0.409. The smallest absolute Gasteiger partial charge is 0.231 e. The van der Waals surface area contributed by atoms with Crippen LogP contribution in [0, 0.1) is 0 Å². The number of fused-ring (bicyclic) bond motifs is 2. The van der Waals surface area contributed by atoms with Crippen LogP contribution in [0.25, 0.3) is 0 Å². The lowest BCUT2D eigenvalue weighted by atomic mass is 9.87. The number of phenolic OH excluding ortho intramolecular Hbond substituents is 1. The summed E-state index contributed by atoms with van der Waals surface area (Å²) in [6.07, 6.45) is 2.55. The van der Waals surface area contributed by atoms with E-state index in [1.807, 2.05) is 18.2 Å². The first-order valence-corrected chi connectivity index (χ1v) is 9.68. The van der Waals surface area contributed by atoms with Crippen molar-refractivity contribution in [2.75, 3.05) is 27.5 Å². The van der Waals surface area contributed by atoms with Crippen LogP contribution < -0.4 is 19.1 Å². The number of rotatable bonds is 6. The second-order valence-corrected chi connectivity index (χ2v) is 7.52. The maximum Gasteiger partial charge on any atom is 0.231 e. The van der Waals surface area contributed by atoms with Crippen LogP contribution in [0.1, 0.15) is 35.6 Å². The number of aryl methyl sites for hydroxylation is 1. The van der Waals surface area contributed by atoms with Gasteiger partial charge < -0.3 is 24.2 Å². The Hall–Kier alpha value is -2.73. The van der Waals surface area contributed by atoms with Gasteiger partial charge >= 0.3 is 0 Å². The van der Waals surface area contributed by atoms with Gasteiger partial charge in [-0.05, 0) is 35.7 Å². The van der Waals surface area contributed by atoms with E-state index in [0.29, 0.717) is 30.8 Å². The van der Waals surface area contributed by atoms with E-state index in [0.717, 1.165) is 29.8 Å². The Bertz CT molecular complexity index is 877. The molecule has 2 N–H and O–H groups in total. The monoisotopic (exact) mass is 384 g/mol. The van der Waals surface area contributed by atoms with Crippen LogP contribution in [0.5, 0.6) is 23.0 Å². The first kappa shape index (κ1) is 18.6. The van der Waals surface area contributed by atoms with Gasteiger partial charge in [0.1, 0.15) is 17.6 Å².